The summed E-state index contributed by atoms with van der Waals surface area (Å²) in [6.45, 7) is 0. The summed E-state index contributed by atoms with van der Waals surface area (Å²) in [5, 5.41) is 28.6. The Labute approximate surface area is 163 Å². The molecule has 5 rings (SSSR count). The van der Waals surface area contributed by atoms with E-state index in [0.717, 1.165) is 0 Å². The van der Waals surface area contributed by atoms with Crippen LogP contribution in [-0.4, -0.2) is 56.0 Å². The van der Waals surface area contributed by atoms with Crippen molar-refractivity contribution in [2.75, 3.05) is 0 Å². The number of phenols is 1. The van der Waals surface area contributed by atoms with Gasteiger partial charge in [0.25, 0.3) is 0 Å². The number of nitrogens with one attached hydrogen (secondary N) is 1. The van der Waals surface area contributed by atoms with Crippen LogP contribution in [-0.2, 0) is 0 Å². The molecular weight excluding hydrogens is 384 g/mol. The van der Waals surface area contributed by atoms with Gasteiger partial charge >= 0.3 is 0 Å². The summed E-state index contributed by atoms with van der Waals surface area (Å²) < 4.78 is 39.6. The van der Waals surface area contributed by atoms with E-state index in [1.807, 2.05) is 0 Å². The topological polar surface area (TPSA) is 106 Å². The molecule has 29 heavy (non-hydrogen) atoms. The van der Waals surface area contributed by atoms with Crippen LogP contribution in [0, 0.1) is 0 Å². The van der Waals surface area contributed by atoms with Gasteiger partial charge in [-0.1, -0.05) is 0 Å². The van der Waals surface area contributed by atoms with Crippen LogP contribution in [0.3, 0.4) is 0 Å². The molecule has 2 aromatic heterocycles. The van der Waals surface area contributed by atoms with E-state index in [2.05, 4.69) is 25.7 Å². The van der Waals surface area contributed by atoms with Crippen molar-refractivity contribution in [2.45, 2.75) is 43.4 Å². The highest BCUT2D eigenvalue weighted by Gasteiger charge is 2.50. The molecule has 5 atom stereocenters. The van der Waals surface area contributed by atoms with Crippen LogP contribution < -0.4 is 10.1 Å². The Morgan fingerprint density at radius 3 is 2.45 bits per heavy atom. The summed E-state index contributed by atoms with van der Waals surface area (Å²) in [7, 11) is 0. The van der Waals surface area contributed by atoms with Crippen LogP contribution >= 0.6 is 0 Å². The number of aromatic nitrogens is 4. The van der Waals surface area contributed by atoms with Crippen LogP contribution in [0.15, 0.2) is 41.1 Å². The zero-order valence-electron chi connectivity index (χ0n) is 15.1. The highest BCUT2D eigenvalue weighted by Crippen LogP contribution is 2.35. The number of ether oxygens (including phenoxy) is 1. The molecule has 4 heterocycles. The average molecular weight is 401 g/mol. The lowest BCUT2D eigenvalue weighted by Crippen LogP contribution is -2.59. The number of aromatic hydroxyl groups is 1. The molecule has 1 aromatic carbocycles. The Morgan fingerprint density at radius 1 is 1.03 bits per heavy atom. The minimum Gasteiger partial charge on any atom is -0.507 e. The molecule has 10 heteroatoms. The number of rotatable bonds is 4. The molecule has 2 saturated heterocycles. The van der Waals surface area contributed by atoms with Crippen LogP contribution in [0.4, 0.5) is 8.78 Å². The number of hydrogen-bond acceptors (Lipinski definition) is 8. The summed E-state index contributed by atoms with van der Waals surface area (Å²) in [4.78, 5) is 0. The number of nitrogens with zero attached hydrogens (tertiary/aromatic N) is 4. The molecule has 0 radical (unpaired) electrons. The number of hydrogen-bond donors (Lipinski definition) is 2. The Bertz CT molecular complexity index is 986. The largest absolute Gasteiger partial charge is 0.507 e. The molecular formula is C19H17F2N5O3. The van der Waals surface area contributed by atoms with E-state index in [1.165, 1.54) is 18.5 Å². The molecule has 0 aliphatic carbocycles. The molecule has 2 aliphatic rings. The summed E-state index contributed by atoms with van der Waals surface area (Å²) in [5.41, 5.74) is 1.37. The maximum absolute atomic E-state index is 14.5. The van der Waals surface area contributed by atoms with Crippen molar-refractivity contribution in [1.82, 2.24) is 25.7 Å². The zero-order valence-corrected chi connectivity index (χ0v) is 15.1. The van der Waals surface area contributed by atoms with Crippen molar-refractivity contribution >= 4 is 0 Å². The number of alkyl halides is 2. The van der Waals surface area contributed by atoms with Crippen LogP contribution in [0.2, 0.25) is 0 Å². The normalized spacial score (nSPS) is 28.4. The Balaban J connectivity index is 1.34. The molecule has 2 aliphatic heterocycles. The van der Waals surface area contributed by atoms with Crippen LogP contribution in [0.5, 0.6) is 11.6 Å². The quantitative estimate of drug-likeness (QED) is 0.687. The number of halogens is 2. The summed E-state index contributed by atoms with van der Waals surface area (Å²) in [6, 6.07) is 7.08. The SMILES string of the molecule is Oc1cc(-c2nnco2)ccc1-c1ccc(OC2[C@H](F)C3CCC(N3)[C@@H]2F)nn1. The van der Waals surface area contributed by atoms with Gasteiger partial charge in [0.1, 0.15) is 5.75 Å². The fraction of sp³-hybridized carbons (Fsp3) is 0.368. The van der Waals surface area contributed by atoms with Gasteiger partial charge in [-0.05, 0) is 37.1 Å². The Hall–Kier alpha value is -3.14. The van der Waals surface area contributed by atoms with E-state index in [0.29, 0.717) is 29.7 Å². The summed E-state index contributed by atoms with van der Waals surface area (Å²) in [5.74, 6) is 0.262. The van der Waals surface area contributed by atoms with E-state index in [-0.39, 0.29) is 17.5 Å². The summed E-state index contributed by atoms with van der Waals surface area (Å²) in [6.07, 6.45) is -1.73. The third-order valence-electron chi connectivity index (χ3n) is 5.39. The second-order valence-corrected chi connectivity index (χ2v) is 7.16. The standard InChI is InChI=1S/C19H17F2N5O3/c20-16-12-3-4-13(23-12)17(21)18(16)29-15-6-5-11(24-25-15)10-2-1-9(7-14(10)27)19-26-22-8-28-19/h1-2,5-8,12-13,16-18,23,27H,3-4H2/t12?,13?,16-,17+,18?. The lowest BCUT2D eigenvalue weighted by Gasteiger charge is -2.35. The fourth-order valence-electron chi connectivity index (χ4n) is 3.91. The first-order valence-electron chi connectivity index (χ1n) is 9.24. The predicted molar refractivity (Wildman–Crippen MR) is 96.6 cm³/mol. The van der Waals surface area contributed by atoms with Crippen molar-refractivity contribution in [3.8, 4) is 34.3 Å². The predicted octanol–water partition coefficient (Wildman–Crippen LogP) is 2.46. The minimum atomic E-state index is -1.45. The average Bonchev–Trinajstić information content (AvgIpc) is 3.42. The second-order valence-electron chi connectivity index (χ2n) is 7.16. The molecule has 0 spiro atoms. The second kappa shape index (κ2) is 7.03. The molecule has 8 nitrogen and oxygen atoms in total. The fourth-order valence-corrected chi connectivity index (χ4v) is 3.91. The minimum absolute atomic E-state index is 0.0346. The van der Waals surface area contributed by atoms with E-state index < -0.39 is 30.5 Å². The molecule has 2 N–H and O–H groups in total. The Kier molecular flexibility index (Phi) is 4.35. The molecule has 2 fully saturated rings. The number of benzene rings is 1. The van der Waals surface area contributed by atoms with Gasteiger partial charge in [0.15, 0.2) is 18.4 Å². The van der Waals surface area contributed by atoms with Crippen molar-refractivity contribution in [3.63, 3.8) is 0 Å². The van der Waals surface area contributed by atoms with Gasteiger partial charge in [0, 0.05) is 29.3 Å². The molecule has 3 unspecified atom stereocenters. The van der Waals surface area contributed by atoms with Gasteiger partial charge in [-0.2, -0.15) is 0 Å². The van der Waals surface area contributed by atoms with Gasteiger partial charge in [0.05, 0.1) is 5.69 Å². The van der Waals surface area contributed by atoms with E-state index in [9.17, 15) is 13.9 Å². The first kappa shape index (κ1) is 17.9. The van der Waals surface area contributed by atoms with Gasteiger partial charge in [-0.15, -0.1) is 20.4 Å². The molecule has 0 amide bonds. The van der Waals surface area contributed by atoms with Crippen LogP contribution in [0.25, 0.3) is 22.7 Å². The van der Waals surface area contributed by atoms with E-state index in [4.69, 9.17) is 9.15 Å². The van der Waals surface area contributed by atoms with E-state index in [1.54, 1.807) is 18.2 Å². The van der Waals surface area contributed by atoms with E-state index >= 15 is 0 Å². The number of piperidine rings is 1. The van der Waals surface area contributed by atoms with Crippen molar-refractivity contribution in [3.05, 3.63) is 36.7 Å². The first-order chi connectivity index (χ1) is 14.1. The smallest absolute Gasteiger partial charge is 0.247 e. The van der Waals surface area contributed by atoms with Crippen molar-refractivity contribution in [1.29, 1.82) is 0 Å². The Morgan fingerprint density at radius 2 is 1.83 bits per heavy atom. The molecule has 2 bridgehead atoms. The lowest BCUT2D eigenvalue weighted by molar-refractivity contribution is -0.0186. The highest BCUT2D eigenvalue weighted by atomic mass is 19.1. The van der Waals surface area contributed by atoms with Crippen molar-refractivity contribution in [2.24, 2.45) is 0 Å². The van der Waals surface area contributed by atoms with Gasteiger partial charge in [-0.25, -0.2) is 8.78 Å². The monoisotopic (exact) mass is 401 g/mol. The third kappa shape index (κ3) is 3.19. The molecule has 150 valence electrons. The van der Waals surface area contributed by atoms with Crippen molar-refractivity contribution < 1.29 is 23.0 Å². The number of phenolic OH excluding ortho intramolecular Hbond substituents is 1. The third-order valence-corrected chi connectivity index (χ3v) is 5.39. The molecule has 3 aromatic rings. The van der Waals surface area contributed by atoms with Crippen LogP contribution in [0.1, 0.15) is 12.8 Å². The number of fused-ring (bicyclic) bond motifs is 2. The zero-order chi connectivity index (χ0) is 20.0. The highest BCUT2D eigenvalue weighted by molar-refractivity contribution is 5.71. The molecule has 0 saturated carbocycles. The summed E-state index contributed by atoms with van der Waals surface area (Å²) >= 11 is 0. The van der Waals surface area contributed by atoms with Gasteiger partial charge in [-0.3, -0.25) is 0 Å². The first-order valence-corrected chi connectivity index (χ1v) is 9.24. The maximum atomic E-state index is 14.5. The maximum Gasteiger partial charge on any atom is 0.247 e. The lowest BCUT2D eigenvalue weighted by atomic mass is 9.98. The van der Waals surface area contributed by atoms with Gasteiger partial charge < -0.3 is 19.6 Å². The van der Waals surface area contributed by atoms with Gasteiger partial charge in [0.2, 0.25) is 18.2 Å².